The molecule has 0 aromatic rings. The van der Waals surface area contributed by atoms with Gasteiger partial charge in [0, 0.05) is 11.3 Å². The normalized spacial score (nSPS) is 27.1. The highest BCUT2D eigenvalue weighted by atomic mass is 16.6. The van der Waals surface area contributed by atoms with Crippen LogP contribution in [0.4, 0.5) is 0 Å². The quantitative estimate of drug-likeness (QED) is 0.411. The van der Waals surface area contributed by atoms with Gasteiger partial charge in [0.05, 0.1) is 7.11 Å². The summed E-state index contributed by atoms with van der Waals surface area (Å²) in [7, 11) is 1.28. The molecule has 0 amide bonds. The zero-order valence-corrected chi connectivity index (χ0v) is 9.42. The lowest BCUT2D eigenvalue weighted by molar-refractivity contribution is -0.517. The summed E-state index contributed by atoms with van der Waals surface area (Å²) >= 11 is 0. The van der Waals surface area contributed by atoms with Crippen molar-refractivity contribution in [3.05, 3.63) is 33.6 Å². The van der Waals surface area contributed by atoms with Crippen LogP contribution in [-0.2, 0) is 14.3 Å². The van der Waals surface area contributed by atoms with Gasteiger partial charge in [0.1, 0.15) is 0 Å². The van der Waals surface area contributed by atoms with Gasteiger partial charge in [0.2, 0.25) is 0 Å². The van der Waals surface area contributed by atoms with Crippen molar-refractivity contribution in [1.82, 2.24) is 0 Å². The van der Waals surface area contributed by atoms with Gasteiger partial charge < -0.3 is 9.47 Å². The van der Waals surface area contributed by atoms with Gasteiger partial charge in [-0.25, -0.2) is 4.79 Å². The zero-order chi connectivity index (χ0) is 12.4. The van der Waals surface area contributed by atoms with Gasteiger partial charge in [-0.2, -0.15) is 0 Å². The van der Waals surface area contributed by atoms with Gasteiger partial charge in [0.25, 0.3) is 6.04 Å². The van der Waals surface area contributed by atoms with E-state index in [0.717, 1.165) is 5.57 Å². The maximum absolute atomic E-state index is 11.4. The molecule has 0 aromatic carbocycles. The average molecular weight is 239 g/mol. The molecule has 0 aromatic heterocycles. The van der Waals surface area contributed by atoms with Gasteiger partial charge in [-0.15, -0.1) is 0 Å². The first-order valence-corrected chi connectivity index (χ1v) is 5.41. The average Bonchev–Trinajstić information content (AvgIpc) is 2.36. The Kier molecular flexibility index (Phi) is 3.12. The van der Waals surface area contributed by atoms with Crippen molar-refractivity contribution in [2.75, 3.05) is 7.11 Å². The SMILES string of the molecule is COC(=O)[C@@H]1CCC2=C(O1)C([N+](=O)[O-])CC=C2. The molecule has 0 spiro atoms. The Hall–Kier alpha value is -1.85. The highest BCUT2D eigenvalue weighted by molar-refractivity contribution is 5.75. The number of nitrogens with zero attached hydrogens (tertiary/aromatic N) is 1. The number of esters is 1. The molecule has 1 aliphatic carbocycles. The van der Waals surface area contributed by atoms with Crippen molar-refractivity contribution < 1.29 is 19.2 Å². The molecule has 0 fully saturated rings. The molecule has 1 heterocycles. The monoisotopic (exact) mass is 239 g/mol. The predicted molar refractivity (Wildman–Crippen MR) is 57.7 cm³/mol. The third-order valence-corrected chi connectivity index (χ3v) is 2.96. The molecular weight excluding hydrogens is 226 g/mol. The standard InChI is InChI=1S/C11H13NO5/c1-16-11(13)9-6-5-7-3-2-4-8(12(14)15)10(7)17-9/h2-3,8-9H,4-6H2,1H3/t8?,9-/m0/s1. The summed E-state index contributed by atoms with van der Waals surface area (Å²) in [6.07, 6.45) is 4.31. The van der Waals surface area contributed by atoms with E-state index in [9.17, 15) is 14.9 Å². The fourth-order valence-corrected chi connectivity index (χ4v) is 2.08. The van der Waals surface area contributed by atoms with Crippen LogP contribution < -0.4 is 0 Å². The summed E-state index contributed by atoms with van der Waals surface area (Å²) in [5, 5.41) is 10.9. The Labute approximate surface area is 98.0 Å². The van der Waals surface area contributed by atoms with Gasteiger partial charge in [0.15, 0.2) is 11.9 Å². The summed E-state index contributed by atoms with van der Waals surface area (Å²) < 4.78 is 10.0. The topological polar surface area (TPSA) is 78.7 Å². The van der Waals surface area contributed by atoms with Crippen molar-refractivity contribution in [2.45, 2.75) is 31.4 Å². The molecule has 2 aliphatic rings. The van der Waals surface area contributed by atoms with Crippen LogP contribution in [0.2, 0.25) is 0 Å². The second-order valence-electron chi connectivity index (χ2n) is 4.00. The Bertz CT molecular complexity index is 412. The molecule has 1 aliphatic heterocycles. The molecule has 0 saturated carbocycles. The van der Waals surface area contributed by atoms with E-state index in [-0.39, 0.29) is 4.92 Å². The molecule has 0 N–H and O–H groups in total. The minimum absolute atomic E-state index is 0.305. The lowest BCUT2D eigenvalue weighted by Gasteiger charge is -2.28. The first-order valence-electron chi connectivity index (χ1n) is 5.41. The van der Waals surface area contributed by atoms with Crippen LogP contribution in [0.3, 0.4) is 0 Å². The number of carbonyl (C=O) groups excluding carboxylic acids is 1. The van der Waals surface area contributed by atoms with E-state index in [0.29, 0.717) is 25.0 Å². The van der Waals surface area contributed by atoms with E-state index in [1.54, 1.807) is 6.08 Å². The van der Waals surface area contributed by atoms with Gasteiger partial charge >= 0.3 is 5.97 Å². The van der Waals surface area contributed by atoms with Crippen LogP contribution in [0.1, 0.15) is 19.3 Å². The van der Waals surface area contributed by atoms with Crippen molar-refractivity contribution in [3.8, 4) is 0 Å². The summed E-state index contributed by atoms with van der Waals surface area (Å²) in [5.41, 5.74) is 0.818. The second-order valence-corrected chi connectivity index (χ2v) is 4.00. The number of ether oxygens (including phenoxy) is 2. The molecule has 1 unspecified atom stereocenters. The van der Waals surface area contributed by atoms with Crippen molar-refractivity contribution >= 4 is 5.97 Å². The minimum atomic E-state index is -0.873. The predicted octanol–water partition coefficient (Wildman–Crippen LogP) is 1.20. The Balaban J connectivity index is 2.22. The number of hydrogen-bond acceptors (Lipinski definition) is 5. The van der Waals surface area contributed by atoms with E-state index >= 15 is 0 Å². The minimum Gasteiger partial charge on any atom is -0.475 e. The van der Waals surface area contributed by atoms with Gasteiger partial charge in [-0.1, -0.05) is 12.2 Å². The van der Waals surface area contributed by atoms with E-state index in [1.807, 2.05) is 6.08 Å². The molecule has 2 rings (SSSR count). The third kappa shape index (κ3) is 2.15. The first-order chi connectivity index (χ1) is 8.13. The second kappa shape index (κ2) is 4.57. The summed E-state index contributed by atoms with van der Waals surface area (Å²) in [6, 6.07) is -0.873. The number of rotatable bonds is 2. The summed E-state index contributed by atoms with van der Waals surface area (Å²) in [4.78, 5) is 21.9. The Morgan fingerprint density at radius 1 is 1.65 bits per heavy atom. The van der Waals surface area contributed by atoms with E-state index in [4.69, 9.17) is 4.74 Å². The Morgan fingerprint density at radius 2 is 2.41 bits per heavy atom. The number of allylic oxidation sites excluding steroid dienone is 2. The van der Waals surface area contributed by atoms with Crippen LogP contribution in [-0.4, -0.2) is 30.1 Å². The summed E-state index contributed by atoms with van der Waals surface area (Å²) in [6.45, 7) is 0. The number of hydrogen-bond donors (Lipinski definition) is 0. The lowest BCUT2D eigenvalue weighted by atomic mass is 9.93. The van der Waals surface area contributed by atoms with Gasteiger partial charge in [-0.05, 0) is 18.4 Å². The fraction of sp³-hybridized carbons (Fsp3) is 0.545. The van der Waals surface area contributed by atoms with Crippen molar-refractivity contribution in [3.63, 3.8) is 0 Å². The number of methoxy groups -OCH3 is 1. The highest BCUT2D eigenvalue weighted by Gasteiger charge is 2.37. The molecule has 6 nitrogen and oxygen atoms in total. The number of carbonyl (C=O) groups is 1. The maximum atomic E-state index is 11.4. The highest BCUT2D eigenvalue weighted by Crippen LogP contribution is 2.32. The smallest absolute Gasteiger partial charge is 0.347 e. The van der Waals surface area contributed by atoms with Crippen LogP contribution in [0.5, 0.6) is 0 Å². The van der Waals surface area contributed by atoms with Crippen LogP contribution >= 0.6 is 0 Å². The molecule has 0 radical (unpaired) electrons. The lowest BCUT2D eigenvalue weighted by Crippen LogP contribution is -2.35. The summed E-state index contributed by atoms with van der Waals surface area (Å²) in [5.74, 6) is -0.160. The van der Waals surface area contributed by atoms with Crippen molar-refractivity contribution in [1.29, 1.82) is 0 Å². The molecule has 17 heavy (non-hydrogen) atoms. The van der Waals surface area contributed by atoms with Crippen LogP contribution in [0.15, 0.2) is 23.5 Å². The fourth-order valence-electron chi connectivity index (χ4n) is 2.08. The van der Waals surface area contributed by atoms with E-state index < -0.39 is 18.1 Å². The molecule has 6 heteroatoms. The van der Waals surface area contributed by atoms with Crippen LogP contribution in [0.25, 0.3) is 0 Å². The molecule has 92 valence electrons. The van der Waals surface area contributed by atoms with E-state index in [1.165, 1.54) is 7.11 Å². The number of nitro groups is 1. The van der Waals surface area contributed by atoms with Crippen molar-refractivity contribution in [2.24, 2.45) is 0 Å². The molecule has 0 bridgehead atoms. The van der Waals surface area contributed by atoms with E-state index in [2.05, 4.69) is 4.74 Å². The zero-order valence-electron chi connectivity index (χ0n) is 9.42. The molecule has 2 atom stereocenters. The third-order valence-electron chi connectivity index (χ3n) is 2.96. The molecule has 0 saturated heterocycles. The first kappa shape index (κ1) is 11.6. The molecular formula is C11H13NO5. The Morgan fingerprint density at radius 3 is 3.06 bits per heavy atom. The van der Waals surface area contributed by atoms with Crippen LogP contribution in [0, 0.1) is 10.1 Å². The largest absolute Gasteiger partial charge is 0.475 e. The maximum Gasteiger partial charge on any atom is 0.347 e. The van der Waals surface area contributed by atoms with Gasteiger partial charge in [-0.3, -0.25) is 10.1 Å².